The Morgan fingerprint density at radius 2 is 1.76 bits per heavy atom. The van der Waals surface area contributed by atoms with Crippen LogP contribution in [0.3, 0.4) is 0 Å². The molecule has 176 valence electrons. The lowest BCUT2D eigenvalue weighted by Gasteiger charge is -2.22. The summed E-state index contributed by atoms with van der Waals surface area (Å²) in [4.78, 5) is 27.0. The van der Waals surface area contributed by atoms with Gasteiger partial charge in [-0.15, -0.1) is 0 Å². The molecule has 0 spiro atoms. The molecule has 1 aliphatic carbocycles. The molecule has 2 aromatic rings. The van der Waals surface area contributed by atoms with E-state index in [9.17, 15) is 18.0 Å². The molecule has 7 nitrogen and oxygen atoms in total. The van der Waals surface area contributed by atoms with Gasteiger partial charge in [0.05, 0.1) is 10.8 Å². The minimum atomic E-state index is -3.60. The van der Waals surface area contributed by atoms with Gasteiger partial charge in [-0.25, -0.2) is 13.1 Å². The average molecular weight is 490 g/mol. The number of aryl methyl sites for hydroxylation is 1. The van der Waals surface area contributed by atoms with Crippen LogP contribution in [0.1, 0.15) is 44.1 Å². The summed E-state index contributed by atoms with van der Waals surface area (Å²) >= 11 is 6.18. The SMILES string of the molecule is Cc1ccc(N2CC(C(=O)Nc3ccc(S(=O)(=O)NC4CCCCC4)cc3)CC2=O)cc1Cl. The van der Waals surface area contributed by atoms with Crippen molar-refractivity contribution in [1.82, 2.24) is 4.72 Å². The Hall–Kier alpha value is -2.42. The molecule has 0 aromatic heterocycles. The van der Waals surface area contributed by atoms with Crippen LogP contribution in [-0.4, -0.2) is 32.8 Å². The summed E-state index contributed by atoms with van der Waals surface area (Å²) < 4.78 is 28.1. The molecule has 9 heteroatoms. The van der Waals surface area contributed by atoms with Crippen LogP contribution in [0.2, 0.25) is 5.02 Å². The summed E-state index contributed by atoms with van der Waals surface area (Å²) in [5.74, 6) is -0.917. The highest BCUT2D eigenvalue weighted by molar-refractivity contribution is 7.89. The fourth-order valence-electron chi connectivity index (χ4n) is 4.35. The standard InChI is InChI=1S/C24H28ClN3O4S/c1-16-7-10-20(14-22(16)25)28-15-17(13-23(28)29)24(30)26-18-8-11-21(12-9-18)33(31,32)27-19-5-3-2-4-6-19/h7-12,14,17,19,27H,2-6,13,15H2,1H3,(H,26,30). The van der Waals surface area contributed by atoms with Crippen LogP contribution in [0.25, 0.3) is 0 Å². The van der Waals surface area contributed by atoms with Crippen LogP contribution >= 0.6 is 11.6 Å². The van der Waals surface area contributed by atoms with Crippen molar-refractivity contribution in [2.45, 2.75) is 56.4 Å². The number of halogens is 1. The van der Waals surface area contributed by atoms with Crippen molar-refractivity contribution in [2.24, 2.45) is 5.92 Å². The molecule has 1 unspecified atom stereocenters. The molecule has 0 radical (unpaired) electrons. The number of carbonyl (C=O) groups excluding carboxylic acids is 2. The molecule has 1 saturated heterocycles. The third-order valence-corrected chi connectivity index (χ3v) is 8.27. The van der Waals surface area contributed by atoms with Crippen molar-refractivity contribution in [1.29, 1.82) is 0 Å². The first kappa shape index (κ1) is 23.7. The van der Waals surface area contributed by atoms with E-state index in [2.05, 4.69) is 10.0 Å². The summed E-state index contributed by atoms with van der Waals surface area (Å²) in [5, 5.41) is 3.37. The summed E-state index contributed by atoms with van der Waals surface area (Å²) in [5.41, 5.74) is 2.08. The first-order valence-corrected chi connectivity index (χ1v) is 13.1. The van der Waals surface area contributed by atoms with Crippen LogP contribution in [-0.2, 0) is 19.6 Å². The fourth-order valence-corrected chi connectivity index (χ4v) is 5.83. The number of carbonyl (C=O) groups is 2. The van der Waals surface area contributed by atoms with E-state index in [1.165, 1.54) is 12.1 Å². The third-order valence-electron chi connectivity index (χ3n) is 6.32. The molecule has 1 atom stereocenters. The Morgan fingerprint density at radius 1 is 1.06 bits per heavy atom. The van der Waals surface area contributed by atoms with Crippen molar-refractivity contribution < 1.29 is 18.0 Å². The summed E-state index contributed by atoms with van der Waals surface area (Å²) in [6.07, 6.45) is 5.05. The number of amides is 2. The number of benzene rings is 2. The number of rotatable bonds is 6. The third kappa shape index (κ3) is 5.57. The van der Waals surface area contributed by atoms with Crippen molar-refractivity contribution in [2.75, 3.05) is 16.8 Å². The molecular weight excluding hydrogens is 462 g/mol. The van der Waals surface area contributed by atoms with Crippen molar-refractivity contribution in [3.8, 4) is 0 Å². The first-order valence-electron chi connectivity index (χ1n) is 11.2. The second-order valence-corrected chi connectivity index (χ2v) is 10.9. The average Bonchev–Trinajstić information content (AvgIpc) is 3.18. The van der Waals surface area contributed by atoms with E-state index in [0.717, 1.165) is 37.7 Å². The first-order chi connectivity index (χ1) is 15.7. The second-order valence-electron chi connectivity index (χ2n) is 8.81. The molecule has 2 aromatic carbocycles. The van der Waals surface area contributed by atoms with Crippen molar-refractivity contribution in [3.63, 3.8) is 0 Å². The molecule has 1 aliphatic heterocycles. The van der Waals surface area contributed by atoms with E-state index in [1.54, 1.807) is 23.1 Å². The molecule has 2 fully saturated rings. The molecule has 0 bridgehead atoms. The number of nitrogens with zero attached hydrogens (tertiary/aromatic N) is 1. The normalized spacial score (nSPS) is 19.6. The van der Waals surface area contributed by atoms with E-state index < -0.39 is 15.9 Å². The lowest BCUT2D eigenvalue weighted by atomic mass is 9.96. The zero-order chi connectivity index (χ0) is 23.6. The fraction of sp³-hybridized carbons (Fsp3) is 0.417. The van der Waals surface area contributed by atoms with Gasteiger partial charge < -0.3 is 10.2 Å². The molecule has 1 saturated carbocycles. The van der Waals surface area contributed by atoms with E-state index in [-0.39, 0.29) is 35.7 Å². The van der Waals surface area contributed by atoms with Gasteiger partial charge in [0, 0.05) is 35.4 Å². The van der Waals surface area contributed by atoms with Gasteiger partial charge in [-0.2, -0.15) is 0 Å². The van der Waals surface area contributed by atoms with Crippen LogP contribution in [0.5, 0.6) is 0 Å². The van der Waals surface area contributed by atoms with E-state index in [0.29, 0.717) is 16.4 Å². The maximum Gasteiger partial charge on any atom is 0.240 e. The number of nitrogens with one attached hydrogen (secondary N) is 2. The van der Waals surface area contributed by atoms with Gasteiger partial charge in [0.2, 0.25) is 21.8 Å². The Bertz CT molecular complexity index is 1140. The van der Waals surface area contributed by atoms with Gasteiger partial charge in [-0.05, 0) is 61.7 Å². The maximum absolute atomic E-state index is 12.8. The molecule has 33 heavy (non-hydrogen) atoms. The Morgan fingerprint density at radius 3 is 2.42 bits per heavy atom. The van der Waals surface area contributed by atoms with Gasteiger partial charge in [0.15, 0.2) is 0 Å². The molecule has 2 N–H and O–H groups in total. The Labute approximate surface area is 199 Å². The zero-order valence-corrected chi connectivity index (χ0v) is 20.1. The number of sulfonamides is 1. The molecule has 2 aliphatic rings. The maximum atomic E-state index is 12.8. The topological polar surface area (TPSA) is 95.6 Å². The largest absolute Gasteiger partial charge is 0.326 e. The minimum Gasteiger partial charge on any atom is -0.326 e. The van der Waals surface area contributed by atoms with Crippen LogP contribution in [0, 0.1) is 12.8 Å². The zero-order valence-electron chi connectivity index (χ0n) is 18.5. The highest BCUT2D eigenvalue weighted by atomic mass is 35.5. The smallest absolute Gasteiger partial charge is 0.240 e. The molecule has 2 amide bonds. The van der Waals surface area contributed by atoms with Crippen LogP contribution in [0.15, 0.2) is 47.4 Å². The van der Waals surface area contributed by atoms with E-state index in [1.807, 2.05) is 19.1 Å². The van der Waals surface area contributed by atoms with Gasteiger partial charge in [-0.3, -0.25) is 9.59 Å². The van der Waals surface area contributed by atoms with Crippen LogP contribution in [0.4, 0.5) is 11.4 Å². The van der Waals surface area contributed by atoms with Crippen molar-refractivity contribution >= 4 is 44.8 Å². The monoisotopic (exact) mass is 489 g/mol. The van der Waals surface area contributed by atoms with Gasteiger partial charge >= 0.3 is 0 Å². The van der Waals surface area contributed by atoms with Gasteiger partial charge in [0.25, 0.3) is 0 Å². The number of hydrogen-bond donors (Lipinski definition) is 2. The predicted molar refractivity (Wildman–Crippen MR) is 129 cm³/mol. The molecule has 1 heterocycles. The lowest BCUT2D eigenvalue weighted by Crippen LogP contribution is -2.36. The van der Waals surface area contributed by atoms with E-state index in [4.69, 9.17) is 11.6 Å². The Kier molecular flexibility index (Phi) is 7.07. The number of anilines is 2. The summed E-state index contributed by atoms with van der Waals surface area (Å²) in [6.45, 7) is 2.15. The lowest BCUT2D eigenvalue weighted by molar-refractivity contribution is -0.122. The minimum absolute atomic E-state index is 0.0191. The highest BCUT2D eigenvalue weighted by Crippen LogP contribution is 2.29. The molecule has 4 rings (SSSR count). The van der Waals surface area contributed by atoms with Crippen LogP contribution < -0.4 is 14.9 Å². The summed E-state index contributed by atoms with van der Waals surface area (Å²) in [6, 6.07) is 11.5. The molecular formula is C24H28ClN3O4S. The number of hydrogen-bond acceptors (Lipinski definition) is 4. The highest BCUT2D eigenvalue weighted by Gasteiger charge is 2.35. The summed E-state index contributed by atoms with van der Waals surface area (Å²) in [7, 11) is -3.60. The second kappa shape index (κ2) is 9.83. The Balaban J connectivity index is 1.37. The van der Waals surface area contributed by atoms with Gasteiger partial charge in [0.1, 0.15) is 0 Å². The quantitative estimate of drug-likeness (QED) is 0.634. The van der Waals surface area contributed by atoms with Gasteiger partial charge in [-0.1, -0.05) is 36.9 Å². The van der Waals surface area contributed by atoms with Crippen molar-refractivity contribution in [3.05, 3.63) is 53.1 Å². The predicted octanol–water partition coefficient (Wildman–Crippen LogP) is 4.25. The van der Waals surface area contributed by atoms with E-state index >= 15 is 0 Å².